The minimum absolute atomic E-state index is 0.0269. The summed E-state index contributed by atoms with van der Waals surface area (Å²) in [5.74, 6) is -0.0269. The molecule has 0 aromatic rings. The monoisotopic (exact) mass is 764 g/mol. The average Bonchev–Trinajstić information content (AvgIpc) is 3.18. The van der Waals surface area contributed by atoms with E-state index >= 15 is 0 Å². The van der Waals surface area contributed by atoms with E-state index in [4.69, 9.17) is 0 Å². The smallest absolute Gasteiger partial charge is 0.220 e. The Labute approximate surface area is 340 Å². The molecule has 4 nitrogen and oxygen atoms in total. The molecule has 4 heteroatoms. The van der Waals surface area contributed by atoms with Crippen molar-refractivity contribution in [2.75, 3.05) is 6.61 Å². The maximum atomic E-state index is 12.4. The summed E-state index contributed by atoms with van der Waals surface area (Å²) in [6.07, 6.45) is 58.1. The first-order chi connectivity index (χ1) is 26.7. The first-order valence-electron chi connectivity index (χ1n) is 25.2. The SMILES string of the molecule is CCCCCCCCCCCCCCCCCCCCCCCCCCCCCCCCCCCC(=O)NC(CO)C(O)CCCCCCCCCCC. The van der Waals surface area contributed by atoms with Crippen molar-refractivity contribution in [3.63, 3.8) is 0 Å². The van der Waals surface area contributed by atoms with Gasteiger partial charge in [0.1, 0.15) is 0 Å². The molecular weight excluding hydrogens is 663 g/mol. The van der Waals surface area contributed by atoms with E-state index in [0.29, 0.717) is 12.8 Å². The number of nitrogens with one attached hydrogen (secondary N) is 1. The van der Waals surface area contributed by atoms with E-state index in [2.05, 4.69) is 19.2 Å². The second-order valence-electron chi connectivity index (χ2n) is 17.6. The number of unbranched alkanes of at least 4 members (excludes halogenated alkanes) is 40. The highest BCUT2D eigenvalue weighted by molar-refractivity contribution is 5.76. The van der Waals surface area contributed by atoms with Crippen LogP contribution in [0.2, 0.25) is 0 Å². The van der Waals surface area contributed by atoms with E-state index in [1.807, 2.05) is 0 Å². The quantitative estimate of drug-likeness (QED) is 0.0541. The van der Waals surface area contributed by atoms with Gasteiger partial charge in [0.05, 0.1) is 18.8 Å². The van der Waals surface area contributed by atoms with Crippen molar-refractivity contribution < 1.29 is 15.0 Å². The summed E-state index contributed by atoms with van der Waals surface area (Å²) in [4.78, 5) is 12.4. The highest BCUT2D eigenvalue weighted by Gasteiger charge is 2.20. The van der Waals surface area contributed by atoms with Crippen molar-refractivity contribution in [1.29, 1.82) is 0 Å². The fourth-order valence-electron chi connectivity index (χ4n) is 8.25. The Bertz CT molecular complexity index is 699. The molecule has 0 aromatic heterocycles. The lowest BCUT2D eigenvalue weighted by molar-refractivity contribution is -0.123. The van der Waals surface area contributed by atoms with Crippen molar-refractivity contribution in [3.8, 4) is 0 Å². The van der Waals surface area contributed by atoms with Gasteiger partial charge in [-0.3, -0.25) is 4.79 Å². The van der Waals surface area contributed by atoms with Gasteiger partial charge >= 0.3 is 0 Å². The predicted molar refractivity (Wildman–Crippen MR) is 240 cm³/mol. The maximum absolute atomic E-state index is 12.4. The van der Waals surface area contributed by atoms with Gasteiger partial charge in [-0.05, 0) is 12.8 Å². The number of aliphatic hydroxyl groups excluding tert-OH is 2. The molecule has 0 spiro atoms. The fraction of sp³-hybridized carbons (Fsp3) is 0.980. The zero-order valence-corrected chi connectivity index (χ0v) is 37.3. The molecule has 0 heterocycles. The summed E-state index contributed by atoms with van der Waals surface area (Å²) in [5, 5.41) is 23.1. The first-order valence-corrected chi connectivity index (χ1v) is 25.2. The molecule has 0 saturated carbocycles. The van der Waals surface area contributed by atoms with Gasteiger partial charge in [-0.15, -0.1) is 0 Å². The van der Waals surface area contributed by atoms with Gasteiger partial charge in [0.25, 0.3) is 0 Å². The van der Waals surface area contributed by atoms with Crippen LogP contribution in [0.3, 0.4) is 0 Å². The zero-order valence-electron chi connectivity index (χ0n) is 37.3. The molecule has 324 valence electrons. The van der Waals surface area contributed by atoms with Gasteiger partial charge in [0.2, 0.25) is 5.91 Å². The summed E-state index contributed by atoms with van der Waals surface area (Å²) in [5.41, 5.74) is 0. The second kappa shape index (κ2) is 46.8. The molecule has 0 aromatic carbocycles. The molecule has 0 radical (unpaired) electrons. The molecule has 1 amide bonds. The molecule has 0 fully saturated rings. The molecule has 0 bridgehead atoms. The Morgan fingerprint density at radius 1 is 0.370 bits per heavy atom. The molecular formula is C50H101NO3. The molecule has 0 aliphatic carbocycles. The van der Waals surface area contributed by atoms with Crippen molar-refractivity contribution in [2.45, 2.75) is 309 Å². The summed E-state index contributed by atoms with van der Waals surface area (Å²) in [7, 11) is 0. The fourth-order valence-corrected chi connectivity index (χ4v) is 8.25. The number of aliphatic hydroxyl groups is 2. The molecule has 0 saturated heterocycles. The predicted octanol–water partition coefficient (Wildman–Crippen LogP) is 16.0. The van der Waals surface area contributed by atoms with Crippen molar-refractivity contribution in [2.24, 2.45) is 0 Å². The minimum Gasteiger partial charge on any atom is -0.394 e. The van der Waals surface area contributed by atoms with Gasteiger partial charge < -0.3 is 15.5 Å². The van der Waals surface area contributed by atoms with Crippen molar-refractivity contribution in [1.82, 2.24) is 5.32 Å². The van der Waals surface area contributed by atoms with Gasteiger partial charge in [-0.25, -0.2) is 0 Å². The molecule has 3 N–H and O–H groups in total. The molecule has 0 rings (SSSR count). The number of amides is 1. The average molecular weight is 764 g/mol. The van der Waals surface area contributed by atoms with Crippen LogP contribution in [-0.2, 0) is 4.79 Å². The summed E-state index contributed by atoms with van der Waals surface area (Å²) in [6, 6.07) is -0.528. The molecule has 0 aliphatic heterocycles. The van der Waals surface area contributed by atoms with Gasteiger partial charge in [0.15, 0.2) is 0 Å². The minimum atomic E-state index is -0.651. The van der Waals surface area contributed by atoms with E-state index in [9.17, 15) is 15.0 Å². The number of carbonyl (C=O) groups excluding carboxylic acids is 1. The van der Waals surface area contributed by atoms with Crippen LogP contribution in [-0.4, -0.2) is 34.9 Å². The highest BCUT2D eigenvalue weighted by atomic mass is 16.3. The largest absolute Gasteiger partial charge is 0.394 e. The van der Waals surface area contributed by atoms with E-state index in [1.54, 1.807) is 0 Å². The number of carbonyl (C=O) groups is 1. The van der Waals surface area contributed by atoms with Crippen molar-refractivity contribution in [3.05, 3.63) is 0 Å². The Morgan fingerprint density at radius 3 is 0.833 bits per heavy atom. The van der Waals surface area contributed by atoms with Crippen LogP contribution in [0, 0.1) is 0 Å². The molecule has 2 unspecified atom stereocenters. The summed E-state index contributed by atoms with van der Waals surface area (Å²) in [6.45, 7) is 4.36. The zero-order chi connectivity index (χ0) is 39.3. The van der Waals surface area contributed by atoms with Gasteiger partial charge in [0, 0.05) is 6.42 Å². The Hall–Kier alpha value is -0.610. The summed E-state index contributed by atoms with van der Waals surface area (Å²) >= 11 is 0. The van der Waals surface area contributed by atoms with Crippen LogP contribution in [0.15, 0.2) is 0 Å². The molecule has 54 heavy (non-hydrogen) atoms. The van der Waals surface area contributed by atoms with Crippen LogP contribution < -0.4 is 5.32 Å². The normalized spacial score (nSPS) is 12.7. The van der Waals surface area contributed by atoms with Crippen LogP contribution in [0.4, 0.5) is 0 Å². The lowest BCUT2D eigenvalue weighted by Crippen LogP contribution is -2.45. The molecule has 2 atom stereocenters. The summed E-state index contributed by atoms with van der Waals surface area (Å²) < 4.78 is 0. The topological polar surface area (TPSA) is 69.6 Å². The van der Waals surface area contributed by atoms with Gasteiger partial charge in [-0.2, -0.15) is 0 Å². The molecule has 0 aliphatic rings. The Kier molecular flexibility index (Phi) is 46.2. The Balaban J connectivity index is 3.31. The number of hydrogen-bond donors (Lipinski definition) is 3. The third-order valence-electron chi connectivity index (χ3n) is 12.1. The van der Waals surface area contributed by atoms with Crippen LogP contribution in [0.5, 0.6) is 0 Å². The van der Waals surface area contributed by atoms with Gasteiger partial charge in [-0.1, -0.05) is 277 Å². The Morgan fingerprint density at radius 2 is 0.593 bits per heavy atom. The number of hydrogen-bond acceptors (Lipinski definition) is 3. The lowest BCUT2D eigenvalue weighted by Gasteiger charge is -2.22. The van der Waals surface area contributed by atoms with E-state index in [1.165, 1.54) is 244 Å². The maximum Gasteiger partial charge on any atom is 0.220 e. The van der Waals surface area contributed by atoms with E-state index in [0.717, 1.165) is 25.7 Å². The van der Waals surface area contributed by atoms with Crippen LogP contribution in [0.25, 0.3) is 0 Å². The first kappa shape index (κ1) is 53.4. The third kappa shape index (κ3) is 42.5. The number of rotatable bonds is 47. The second-order valence-corrected chi connectivity index (χ2v) is 17.6. The highest BCUT2D eigenvalue weighted by Crippen LogP contribution is 2.18. The van der Waals surface area contributed by atoms with Crippen LogP contribution in [0.1, 0.15) is 296 Å². The van der Waals surface area contributed by atoms with Crippen molar-refractivity contribution >= 4 is 5.91 Å². The third-order valence-corrected chi connectivity index (χ3v) is 12.1. The van der Waals surface area contributed by atoms with E-state index < -0.39 is 12.1 Å². The van der Waals surface area contributed by atoms with Crippen LogP contribution >= 0.6 is 0 Å². The lowest BCUT2D eigenvalue weighted by atomic mass is 10.0. The standard InChI is InChI=1S/C50H101NO3/c1-3-5-7-9-11-13-14-15-16-17-18-19-20-21-22-23-24-25-26-27-28-29-30-31-32-33-34-35-36-38-40-42-44-46-50(54)51-48(47-52)49(53)45-43-41-39-37-12-10-8-6-4-2/h48-49,52-53H,3-47H2,1-2H3,(H,51,54). The van der Waals surface area contributed by atoms with E-state index in [-0.39, 0.29) is 12.5 Å².